The molecule has 0 radical (unpaired) electrons. The Morgan fingerprint density at radius 3 is 2.41 bits per heavy atom. The van der Waals surface area contributed by atoms with Crippen molar-refractivity contribution in [2.24, 2.45) is 0 Å². The molecule has 0 bridgehead atoms. The van der Waals surface area contributed by atoms with Gasteiger partial charge < -0.3 is 5.32 Å². The van der Waals surface area contributed by atoms with Crippen LogP contribution in [0.2, 0.25) is 0 Å². The molecule has 0 saturated carbocycles. The maximum Gasteiger partial charge on any atom is 0.0596 e. The third kappa shape index (κ3) is 2.62. The van der Waals surface area contributed by atoms with Crippen molar-refractivity contribution in [3.63, 3.8) is 0 Å². The Bertz CT molecular complexity index is 519. The van der Waals surface area contributed by atoms with Gasteiger partial charge in [0.25, 0.3) is 0 Å². The van der Waals surface area contributed by atoms with Crippen LogP contribution in [0.4, 0.5) is 0 Å². The minimum Gasteiger partial charge on any atom is -0.309 e. The van der Waals surface area contributed by atoms with Gasteiger partial charge in [-0.2, -0.15) is 0 Å². The molecule has 1 nitrogen and oxygen atoms in total. The molecule has 0 saturated heterocycles. The SMILES string of the molecule is CNC(c1ccccc1Br)c1cc(C)sc1C. The average molecular weight is 310 g/mol. The topological polar surface area (TPSA) is 12.0 Å². The monoisotopic (exact) mass is 309 g/mol. The summed E-state index contributed by atoms with van der Waals surface area (Å²) in [6.45, 7) is 4.35. The first-order chi connectivity index (χ1) is 8.13. The molecule has 1 aromatic heterocycles. The molecule has 1 aromatic carbocycles. The van der Waals surface area contributed by atoms with E-state index < -0.39 is 0 Å². The van der Waals surface area contributed by atoms with Gasteiger partial charge in [0, 0.05) is 14.2 Å². The summed E-state index contributed by atoms with van der Waals surface area (Å²) in [5.74, 6) is 0. The highest BCUT2D eigenvalue weighted by molar-refractivity contribution is 9.10. The van der Waals surface area contributed by atoms with E-state index in [1.165, 1.54) is 20.9 Å². The van der Waals surface area contributed by atoms with Gasteiger partial charge in [-0.15, -0.1) is 11.3 Å². The third-order valence-electron chi connectivity index (χ3n) is 2.90. The molecule has 0 aliphatic heterocycles. The zero-order valence-corrected chi connectivity index (χ0v) is 12.7. The van der Waals surface area contributed by atoms with E-state index in [1.54, 1.807) is 0 Å². The molecule has 2 aromatic rings. The van der Waals surface area contributed by atoms with Crippen molar-refractivity contribution in [1.29, 1.82) is 0 Å². The van der Waals surface area contributed by atoms with E-state index in [2.05, 4.69) is 59.4 Å². The Morgan fingerprint density at radius 1 is 1.18 bits per heavy atom. The predicted molar refractivity (Wildman–Crippen MR) is 78.8 cm³/mol. The molecule has 90 valence electrons. The smallest absolute Gasteiger partial charge is 0.0596 e. The third-order valence-corrected chi connectivity index (χ3v) is 4.60. The summed E-state index contributed by atoms with van der Waals surface area (Å²) in [4.78, 5) is 2.75. The molecule has 1 unspecified atom stereocenters. The number of aryl methyl sites for hydroxylation is 2. The molecule has 0 aliphatic rings. The van der Waals surface area contributed by atoms with Gasteiger partial charge >= 0.3 is 0 Å². The maximum atomic E-state index is 3.63. The second kappa shape index (κ2) is 5.34. The summed E-state index contributed by atoms with van der Waals surface area (Å²) in [7, 11) is 2.01. The van der Waals surface area contributed by atoms with Crippen LogP contribution in [0.3, 0.4) is 0 Å². The first-order valence-electron chi connectivity index (χ1n) is 5.62. The number of rotatable bonds is 3. The van der Waals surface area contributed by atoms with Gasteiger partial charge in [0.2, 0.25) is 0 Å². The lowest BCUT2D eigenvalue weighted by Crippen LogP contribution is -2.18. The van der Waals surface area contributed by atoms with Crippen molar-refractivity contribution in [2.45, 2.75) is 19.9 Å². The van der Waals surface area contributed by atoms with Crippen LogP contribution in [0.1, 0.15) is 26.9 Å². The van der Waals surface area contributed by atoms with Crippen LogP contribution in [0.25, 0.3) is 0 Å². The maximum absolute atomic E-state index is 3.63. The number of hydrogen-bond acceptors (Lipinski definition) is 2. The molecule has 2 rings (SSSR count). The molecule has 3 heteroatoms. The van der Waals surface area contributed by atoms with Crippen molar-refractivity contribution in [2.75, 3.05) is 7.05 Å². The number of hydrogen-bond donors (Lipinski definition) is 1. The first kappa shape index (κ1) is 12.8. The van der Waals surface area contributed by atoms with Crippen LogP contribution in [0.15, 0.2) is 34.8 Å². The van der Waals surface area contributed by atoms with Crippen LogP contribution in [-0.4, -0.2) is 7.05 Å². The molecule has 1 atom stereocenters. The van der Waals surface area contributed by atoms with Gasteiger partial charge in [0.15, 0.2) is 0 Å². The van der Waals surface area contributed by atoms with Crippen molar-refractivity contribution in [3.05, 3.63) is 55.7 Å². The molecular formula is C14H16BrNS. The highest BCUT2D eigenvalue weighted by atomic mass is 79.9. The lowest BCUT2D eigenvalue weighted by Gasteiger charge is -2.18. The van der Waals surface area contributed by atoms with Crippen LogP contribution in [0.5, 0.6) is 0 Å². The molecular weight excluding hydrogens is 294 g/mol. The Hall–Kier alpha value is -0.640. The Kier molecular flexibility index (Phi) is 4.02. The molecule has 0 aliphatic carbocycles. The fourth-order valence-corrected chi connectivity index (χ4v) is 3.60. The molecule has 17 heavy (non-hydrogen) atoms. The van der Waals surface area contributed by atoms with Crippen molar-refractivity contribution < 1.29 is 0 Å². The van der Waals surface area contributed by atoms with Gasteiger partial charge in [-0.1, -0.05) is 34.1 Å². The first-order valence-corrected chi connectivity index (χ1v) is 7.23. The number of thiophene rings is 1. The zero-order valence-electron chi connectivity index (χ0n) is 10.3. The minimum atomic E-state index is 0.260. The van der Waals surface area contributed by atoms with E-state index in [-0.39, 0.29) is 6.04 Å². The molecule has 1 N–H and O–H groups in total. The highest BCUT2D eigenvalue weighted by Gasteiger charge is 2.17. The van der Waals surface area contributed by atoms with Crippen molar-refractivity contribution in [3.8, 4) is 0 Å². The van der Waals surface area contributed by atoms with E-state index in [0.29, 0.717) is 0 Å². The summed E-state index contributed by atoms with van der Waals surface area (Å²) in [6.07, 6.45) is 0. The number of nitrogens with one attached hydrogen (secondary N) is 1. The highest BCUT2D eigenvalue weighted by Crippen LogP contribution is 2.33. The van der Waals surface area contributed by atoms with Crippen LogP contribution >= 0.6 is 27.3 Å². The normalized spacial score (nSPS) is 12.7. The second-order valence-corrected chi connectivity index (χ2v) is 6.43. The average Bonchev–Trinajstić information content (AvgIpc) is 2.62. The van der Waals surface area contributed by atoms with Gasteiger partial charge in [0.05, 0.1) is 6.04 Å². The largest absolute Gasteiger partial charge is 0.309 e. The Morgan fingerprint density at radius 2 is 1.88 bits per heavy atom. The fourth-order valence-electron chi connectivity index (χ4n) is 2.12. The quantitative estimate of drug-likeness (QED) is 0.884. The zero-order chi connectivity index (χ0) is 12.4. The lowest BCUT2D eigenvalue weighted by molar-refractivity contribution is 0.688. The molecule has 0 amide bonds. The lowest BCUT2D eigenvalue weighted by atomic mass is 9.99. The van der Waals surface area contributed by atoms with Gasteiger partial charge in [-0.3, -0.25) is 0 Å². The van der Waals surface area contributed by atoms with Crippen molar-refractivity contribution >= 4 is 27.3 Å². The van der Waals surface area contributed by atoms with Gasteiger partial charge in [-0.05, 0) is 44.2 Å². The number of benzene rings is 1. The Labute approximate surface area is 115 Å². The second-order valence-electron chi connectivity index (χ2n) is 4.11. The van der Waals surface area contributed by atoms with E-state index in [0.717, 1.165) is 4.47 Å². The van der Waals surface area contributed by atoms with E-state index in [1.807, 2.05) is 24.5 Å². The minimum absolute atomic E-state index is 0.260. The molecule has 0 fully saturated rings. The summed E-state index contributed by atoms with van der Waals surface area (Å²) >= 11 is 5.49. The Balaban J connectivity index is 2.47. The number of halogens is 1. The van der Waals surface area contributed by atoms with Gasteiger partial charge in [-0.25, -0.2) is 0 Å². The molecule has 0 spiro atoms. The summed E-state index contributed by atoms with van der Waals surface area (Å²) in [6, 6.07) is 10.9. The van der Waals surface area contributed by atoms with Crippen molar-refractivity contribution in [1.82, 2.24) is 5.32 Å². The van der Waals surface area contributed by atoms with Crippen LogP contribution in [-0.2, 0) is 0 Å². The summed E-state index contributed by atoms with van der Waals surface area (Å²) in [5.41, 5.74) is 2.66. The van der Waals surface area contributed by atoms with Crippen LogP contribution in [0, 0.1) is 13.8 Å². The standard InChI is InChI=1S/C14H16BrNS/c1-9-8-12(10(2)17-9)14(16-3)11-6-4-5-7-13(11)15/h4-8,14,16H,1-3H3. The molecule has 1 heterocycles. The predicted octanol–water partition coefficient (Wildman–Crippen LogP) is 4.44. The van der Waals surface area contributed by atoms with E-state index in [9.17, 15) is 0 Å². The fraction of sp³-hybridized carbons (Fsp3) is 0.286. The van der Waals surface area contributed by atoms with Gasteiger partial charge in [0.1, 0.15) is 0 Å². The van der Waals surface area contributed by atoms with Crippen LogP contribution < -0.4 is 5.32 Å². The van der Waals surface area contributed by atoms with E-state index in [4.69, 9.17) is 0 Å². The summed E-state index contributed by atoms with van der Waals surface area (Å²) in [5, 5.41) is 3.41. The summed E-state index contributed by atoms with van der Waals surface area (Å²) < 4.78 is 1.16. The van der Waals surface area contributed by atoms with E-state index >= 15 is 0 Å².